The van der Waals surface area contributed by atoms with Crippen molar-refractivity contribution in [2.75, 3.05) is 22.6 Å². The zero-order chi connectivity index (χ0) is 14.1. The SMILES string of the molecule is CCCCCSCCC(=O)Nc1cc(Cl)ccc1N. The van der Waals surface area contributed by atoms with Crippen molar-refractivity contribution in [3.05, 3.63) is 23.2 Å². The molecule has 0 bridgehead atoms. The first kappa shape index (κ1) is 16.2. The molecule has 0 aliphatic rings. The van der Waals surface area contributed by atoms with E-state index in [-0.39, 0.29) is 5.91 Å². The summed E-state index contributed by atoms with van der Waals surface area (Å²) in [6.45, 7) is 2.19. The summed E-state index contributed by atoms with van der Waals surface area (Å²) in [5.74, 6) is 1.95. The van der Waals surface area contributed by atoms with Crippen molar-refractivity contribution in [3.63, 3.8) is 0 Å². The molecule has 1 amide bonds. The molecule has 0 fully saturated rings. The summed E-state index contributed by atoms with van der Waals surface area (Å²) < 4.78 is 0. The van der Waals surface area contributed by atoms with Crippen molar-refractivity contribution in [1.29, 1.82) is 0 Å². The molecule has 0 atom stereocenters. The molecule has 3 nitrogen and oxygen atoms in total. The van der Waals surface area contributed by atoms with Crippen molar-refractivity contribution in [2.45, 2.75) is 32.6 Å². The van der Waals surface area contributed by atoms with E-state index >= 15 is 0 Å². The van der Waals surface area contributed by atoms with Gasteiger partial charge in [0, 0.05) is 17.2 Å². The third kappa shape index (κ3) is 6.73. The maximum Gasteiger partial charge on any atom is 0.225 e. The summed E-state index contributed by atoms with van der Waals surface area (Å²) in [7, 11) is 0. The zero-order valence-electron chi connectivity index (χ0n) is 11.2. The van der Waals surface area contributed by atoms with Crippen LogP contribution in [0.2, 0.25) is 5.02 Å². The third-order valence-electron chi connectivity index (χ3n) is 2.66. The van der Waals surface area contributed by atoms with Crippen LogP contribution >= 0.6 is 23.4 Å². The molecular weight excluding hydrogens is 280 g/mol. The van der Waals surface area contributed by atoms with Crippen LogP contribution in [-0.2, 0) is 4.79 Å². The minimum absolute atomic E-state index is 0.0167. The minimum atomic E-state index is -0.0167. The molecule has 1 aromatic carbocycles. The second kappa shape index (κ2) is 9.10. The number of carbonyl (C=O) groups is 1. The van der Waals surface area contributed by atoms with Crippen molar-refractivity contribution in [1.82, 2.24) is 0 Å². The van der Waals surface area contributed by atoms with Gasteiger partial charge in [-0.25, -0.2) is 0 Å². The number of halogens is 1. The van der Waals surface area contributed by atoms with Gasteiger partial charge >= 0.3 is 0 Å². The molecule has 0 aliphatic heterocycles. The summed E-state index contributed by atoms with van der Waals surface area (Å²) >= 11 is 7.69. The Kier molecular flexibility index (Phi) is 7.75. The van der Waals surface area contributed by atoms with E-state index < -0.39 is 0 Å². The average Bonchev–Trinajstić information content (AvgIpc) is 2.38. The van der Waals surface area contributed by atoms with Crippen molar-refractivity contribution in [2.24, 2.45) is 0 Å². The Hall–Kier alpha value is -0.870. The predicted molar refractivity (Wildman–Crippen MR) is 86.0 cm³/mol. The smallest absolute Gasteiger partial charge is 0.225 e. The Balaban J connectivity index is 2.25. The quantitative estimate of drug-likeness (QED) is 0.559. The summed E-state index contributed by atoms with van der Waals surface area (Å²) in [6, 6.07) is 5.07. The van der Waals surface area contributed by atoms with Crippen molar-refractivity contribution >= 4 is 40.6 Å². The van der Waals surface area contributed by atoms with Crippen molar-refractivity contribution < 1.29 is 4.79 Å². The van der Waals surface area contributed by atoms with Crippen LogP contribution in [0, 0.1) is 0 Å². The first-order valence-corrected chi connectivity index (χ1v) is 8.09. The highest BCUT2D eigenvalue weighted by Gasteiger charge is 2.05. The minimum Gasteiger partial charge on any atom is -0.397 e. The molecule has 0 aliphatic carbocycles. The number of carbonyl (C=O) groups excluding carboxylic acids is 1. The van der Waals surface area contributed by atoms with Crippen LogP contribution in [0.25, 0.3) is 0 Å². The van der Waals surface area contributed by atoms with E-state index in [0.29, 0.717) is 22.8 Å². The molecule has 5 heteroatoms. The van der Waals surface area contributed by atoms with Crippen LogP contribution < -0.4 is 11.1 Å². The maximum absolute atomic E-state index is 11.7. The second-order valence-electron chi connectivity index (χ2n) is 4.35. The van der Waals surface area contributed by atoms with Crippen LogP contribution in [0.5, 0.6) is 0 Å². The lowest BCUT2D eigenvalue weighted by Gasteiger charge is -2.08. The van der Waals surface area contributed by atoms with Crippen LogP contribution in [0.4, 0.5) is 11.4 Å². The molecule has 3 N–H and O–H groups in total. The van der Waals surface area contributed by atoms with E-state index in [9.17, 15) is 4.79 Å². The van der Waals surface area contributed by atoms with Gasteiger partial charge in [0.1, 0.15) is 0 Å². The molecule has 0 saturated carbocycles. The molecule has 1 rings (SSSR count). The monoisotopic (exact) mass is 300 g/mol. The first-order valence-electron chi connectivity index (χ1n) is 6.56. The number of hydrogen-bond donors (Lipinski definition) is 2. The zero-order valence-corrected chi connectivity index (χ0v) is 12.8. The number of hydrogen-bond acceptors (Lipinski definition) is 3. The van der Waals surface area contributed by atoms with Gasteiger partial charge in [-0.05, 0) is 30.4 Å². The van der Waals surface area contributed by atoms with E-state index in [2.05, 4.69) is 12.2 Å². The second-order valence-corrected chi connectivity index (χ2v) is 6.01. The highest BCUT2D eigenvalue weighted by atomic mass is 35.5. The number of anilines is 2. The number of benzene rings is 1. The molecule has 0 radical (unpaired) electrons. The molecule has 0 aromatic heterocycles. The largest absolute Gasteiger partial charge is 0.397 e. The van der Waals surface area contributed by atoms with Gasteiger partial charge in [-0.3, -0.25) is 4.79 Å². The molecule has 0 spiro atoms. The van der Waals surface area contributed by atoms with E-state index in [1.54, 1.807) is 18.2 Å². The van der Waals surface area contributed by atoms with Gasteiger partial charge in [0.2, 0.25) is 5.91 Å². The number of nitrogens with two attached hydrogens (primary N) is 1. The van der Waals surface area contributed by atoms with Crippen LogP contribution in [-0.4, -0.2) is 17.4 Å². The van der Waals surface area contributed by atoms with Gasteiger partial charge in [0.05, 0.1) is 11.4 Å². The lowest BCUT2D eigenvalue weighted by Crippen LogP contribution is -2.13. The highest BCUT2D eigenvalue weighted by molar-refractivity contribution is 7.99. The maximum atomic E-state index is 11.7. The topological polar surface area (TPSA) is 55.1 Å². The Bertz CT molecular complexity index is 412. The van der Waals surface area contributed by atoms with Gasteiger partial charge < -0.3 is 11.1 Å². The summed E-state index contributed by atoms with van der Waals surface area (Å²) in [5, 5.41) is 3.36. The van der Waals surface area contributed by atoms with Gasteiger partial charge in [-0.1, -0.05) is 31.4 Å². The van der Waals surface area contributed by atoms with E-state index in [4.69, 9.17) is 17.3 Å². The van der Waals surface area contributed by atoms with E-state index in [1.165, 1.54) is 19.3 Å². The summed E-state index contributed by atoms with van der Waals surface area (Å²) in [6.07, 6.45) is 4.22. The lowest BCUT2D eigenvalue weighted by molar-refractivity contribution is -0.115. The molecule has 1 aromatic rings. The molecule has 0 heterocycles. The van der Waals surface area contributed by atoms with Crippen LogP contribution in [0.15, 0.2) is 18.2 Å². The molecule has 0 saturated heterocycles. The van der Waals surface area contributed by atoms with Gasteiger partial charge in [-0.15, -0.1) is 0 Å². The standard InChI is InChI=1S/C14H21ClN2OS/c1-2-3-4-8-19-9-7-14(18)17-13-10-11(15)5-6-12(13)16/h5-6,10H,2-4,7-9,16H2,1H3,(H,17,18). The van der Waals surface area contributed by atoms with E-state index in [0.717, 1.165) is 11.5 Å². The van der Waals surface area contributed by atoms with Gasteiger partial charge in [0.15, 0.2) is 0 Å². The molecule has 0 unspecified atom stereocenters. The Morgan fingerprint density at radius 3 is 2.89 bits per heavy atom. The molecular formula is C14H21ClN2OS. The number of amides is 1. The van der Waals surface area contributed by atoms with Crippen molar-refractivity contribution in [3.8, 4) is 0 Å². The number of nitrogens with one attached hydrogen (secondary N) is 1. The normalized spacial score (nSPS) is 10.4. The lowest BCUT2D eigenvalue weighted by atomic mass is 10.2. The fraction of sp³-hybridized carbons (Fsp3) is 0.500. The summed E-state index contributed by atoms with van der Waals surface area (Å²) in [4.78, 5) is 11.7. The fourth-order valence-corrected chi connectivity index (χ4v) is 2.68. The Labute approximate surface area is 124 Å². The Morgan fingerprint density at radius 1 is 1.37 bits per heavy atom. The fourth-order valence-electron chi connectivity index (χ4n) is 1.57. The van der Waals surface area contributed by atoms with Gasteiger partial charge in [-0.2, -0.15) is 11.8 Å². The summed E-state index contributed by atoms with van der Waals surface area (Å²) in [5.41, 5.74) is 6.90. The van der Waals surface area contributed by atoms with Crippen LogP contribution in [0.1, 0.15) is 32.6 Å². The highest BCUT2D eigenvalue weighted by Crippen LogP contribution is 2.23. The van der Waals surface area contributed by atoms with E-state index in [1.807, 2.05) is 11.8 Å². The number of rotatable bonds is 8. The predicted octanol–water partition coefficient (Wildman–Crippen LogP) is 4.17. The third-order valence-corrected chi connectivity index (χ3v) is 3.96. The average molecular weight is 301 g/mol. The van der Waals surface area contributed by atoms with Gasteiger partial charge in [0.25, 0.3) is 0 Å². The molecule has 19 heavy (non-hydrogen) atoms. The number of thioether (sulfide) groups is 1. The van der Waals surface area contributed by atoms with Crippen LogP contribution in [0.3, 0.4) is 0 Å². The number of nitrogen functional groups attached to an aromatic ring is 1. The first-order chi connectivity index (χ1) is 9.13. The number of unbranched alkanes of at least 4 members (excludes halogenated alkanes) is 2. The Morgan fingerprint density at radius 2 is 2.16 bits per heavy atom. The molecule has 106 valence electrons.